The van der Waals surface area contributed by atoms with Crippen LogP contribution in [0.4, 0.5) is 14.9 Å². The number of anilines is 1. The topological polar surface area (TPSA) is 61.4 Å². The summed E-state index contributed by atoms with van der Waals surface area (Å²) in [5.41, 5.74) is 0.614. The van der Waals surface area contributed by atoms with Crippen LogP contribution in [0.5, 0.6) is 0 Å². The van der Waals surface area contributed by atoms with Gasteiger partial charge in [0.05, 0.1) is 0 Å². The van der Waals surface area contributed by atoms with Gasteiger partial charge in [0.1, 0.15) is 5.82 Å². The minimum Gasteiger partial charge on any atom is -0.356 e. The van der Waals surface area contributed by atoms with Crippen molar-refractivity contribution in [2.75, 3.05) is 25.0 Å². The third-order valence-corrected chi connectivity index (χ3v) is 4.40. The number of rotatable bonds is 1. The summed E-state index contributed by atoms with van der Waals surface area (Å²) in [6, 6.07) is 5.54. The Balaban J connectivity index is 1.55. The fourth-order valence-electron chi connectivity index (χ4n) is 3.03. The van der Waals surface area contributed by atoms with Gasteiger partial charge in [0.25, 0.3) is 0 Å². The fraction of sp³-hybridized carbons (Fsp3) is 0.467. The lowest BCUT2D eigenvalue weighted by Crippen LogP contribution is -2.45. The number of carbonyl (C=O) groups excluding carboxylic acids is 2. The van der Waals surface area contributed by atoms with E-state index in [-0.39, 0.29) is 23.2 Å². The summed E-state index contributed by atoms with van der Waals surface area (Å²) in [7, 11) is 0. The van der Waals surface area contributed by atoms with E-state index < -0.39 is 0 Å². The van der Waals surface area contributed by atoms with Gasteiger partial charge in [-0.05, 0) is 42.5 Å². The summed E-state index contributed by atoms with van der Waals surface area (Å²) in [6.45, 7) is 2.00. The highest BCUT2D eigenvalue weighted by Gasteiger charge is 2.41. The van der Waals surface area contributed by atoms with Gasteiger partial charge in [-0.3, -0.25) is 4.79 Å². The number of hydrogen-bond acceptors (Lipinski definition) is 2. The second kappa shape index (κ2) is 5.35. The first-order chi connectivity index (χ1) is 10.1. The number of nitrogens with one attached hydrogen (secondary N) is 2. The molecule has 0 bridgehead atoms. The SMILES string of the molecule is O=C1CC2(CCN(C(=O)Nc3ccc(F)cc3)CC2)CN1. The molecule has 0 atom stereocenters. The van der Waals surface area contributed by atoms with Gasteiger partial charge in [0.2, 0.25) is 5.91 Å². The number of likely N-dealkylation sites (tertiary alicyclic amines) is 1. The van der Waals surface area contributed by atoms with Crippen molar-refractivity contribution in [3.8, 4) is 0 Å². The zero-order valence-corrected chi connectivity index (χ0v) is 11.7. The van der Waals surface area contributed by atoms with Crippen molar-refractivity contribution in [1.29, 1.82) is 0 Å². The highest BCUT2D eigenvalue weighted by Crippen LogP contribution is 2.37. The monoisotopic (exact) mass is 291 g/mol. The van der Waals surface area contributed by atoms with Crippen molar-refractivity contribution in [1.82, 2.24) is 10.2 Å². The van der Waals surface area contributed by atoms with Crippen molar-refractivity contribution < 1.29 is 14.0 Å². The van der Waals surface area contributed by atoms with Crippen LogP contribution in [0.2, 0.25) is 0 Å². The molecule has 21 heavy (non-hydrogen) atoms. The van der Waals surface area contributed by atoms with Gasteiger partial charge in [0.15, 0.2) is 0 Å². The average molecular weight is 291 g/mol. The molecule has 0 aromatic heterocycles. The first kappa shape index (κ1) is 13.9. The molecule has 0 aliphatic carbocycles. The van der Waals surface area contributed by atoms with Crippen molar-refractivity contribution in [2.45, 2.75) is 19.3 Å². The summed E-state index contributed by atoms with van der Waals surface area (Å²) >= 11 is 0. The predicted octanol–water partition coefficient (Wildman–Crippen LogP) is 1.96. The smallest absolute Gasteiger partial charge is 0.321 e. The summed E-state index contributed by atoms with van der Waals surface area (Å²) in [4.78, 5) is 25.3. The molecule has 1 spiro atoms. The van der Waals surface area contributed by atoms with Gasteiger partial charge in [-0.15, -0.1) is 0 Å². The maximum absolute atomic E-state index is 12.8. The Morgan fingerprint density at radius 2 is 1.90 bits per heavy atom. The fourth-order valence-corrected chi connectivity index (χ4v) is 3.03. The molecule has 2 heterocycles. The average Bonchev–Trinajstić information content (AvgIpc) is 2.83. The highest BCUT2D eigenvalue weighted by atomic mass is 19.1. The molecule has 112 valence electrons. The van der Waals surface area contributed by atoms with Crippen LogP contribution in [0, 0.1) is 11.2 Å². The molecular formula is C15H18FN3O2. The second-order valence-corrected chi connectivity index (χ2v) is 5.88. The number of benzene rings is 1. The highest BCUT2D eigenvalue weighted by molar-refractivity contribution is 5.89. The lowest BCUT2D eigenvalue weighted by Gasteiger charge is -2.38. The molecule has 0 radical (unpaired) electrons. The van der Waals surface area contributed by atoms with Crippen LogP contribution in [-0.4, -0.2) is 36.5 Å². The molecule has 3 rings (SSSR count). The largest absolute Gasteiger partial charge is 0.356 e. The van der Waals surface area contributed by atoms with E-state index in [0.29, 0.717) is 25.2 Å². The number of halogens is 1. The van der Waals surface area contributed by atoms with E-state index in [2.05, 4.69) is 10.6 Å². The standard InChI is InChI=1S/C15H18FN3O2/c16-11-1-3-12(4-2-11)18-14(21)19-7-5-15(6-8-19)9-13(20)17-10-15/h1-4H,5-10H2,(H,17,20)(H,18,21). The Kier molecular flexibility index (Phi) is 3.53. The minimum absolute atomic E-state index is 0.0315. The molecule has 1 aromatic rings. The molecule has 2 fully saturated rings. The molecule has 3 amide bonds. The number of urea groups is 1. The zero-order valence-electron chi connectivity index (χ0n) is 11.7. The molecule has 0 unspecified atom stereocenters. The van der Waals surface area contributed by atoms with E-state index in [1.807, 2.05) is 0 Å². The van der Waals surface area contributed by atoms with Crippen molar-refractivity contribution in [3.05, 3.63) is 30.1 Å². The minimum atomic E-state index is -0.327. The van der Waals surface area contributed by atoms with Gasteiger partial charge in [-0.25, -0.2) is 9.18 Å². The van der Waals surface area contributed by atoms with E-state index in [1.54, 1.807) is 4.90 Å². The molecule has 6 heteroatoms. The second-order valence-electron chi connectivity index (χ2n) is 5.88. The van der Waals surface area contributed by atoms with Crippen molar-refractivity contribution in [3.63, 3.8) is 0 Å². The maximum atomic E-state index is 12.8. The Hall–Kier alpha value is -2.11. The van der Waals surface area contributed by atoms with Gasteiger partial charge in [0, 0.05) is 31.7 Å². The molecule has 2 aliphatic rings. The Morgan fingerprint density at radius 3 is 2.48 bits per heavy atom. The van der Waals surface area contributed by atoms with Crippen LogP contribution >= 0.6 is 0 Å². The molecule has 5 nitrogen and oxygen atoms in total. The molecule has 2 aliphatic heterocycles. The van der Waals surface area contributed by atoms with Gasteiger partial charge < -0.3 is 15.5 Å². The first-order valence-corrected chi connectivity index (χ1v) is 7.15. The van der Waals surface area contributed by atoms with Crippen LogP contribution in [-0.2, 0) is 4.79 Å². The number of hydrogen-bond donors (Lipinski definition) is 2. The molecule has 1 aromatic carbocycles. The van der Waals surface area contributed by atoms with Gasteiger partial charge >= 0.3 is 6.03 Å². The number of carbonyl (C=O) groups is 2. The van der Waals surface area contributed by atoms with E-state index in [1.165, 1.54) is 24.3 Å². The summed E-state index contributed by atoms with van der Waals surface area (Å²) < 4.78 is 12.8. The van der Waals surface area contributed by atoms with E-state index >= 15 is 0 Å². The summed E-state index contributed by atoms with van der Waals surface area (Å²) in [5, 5.41) is 5.64. The lowest BCUT2D eigenvalue weighted by atomic mass is 9.78. The molecule has 2 N–H and O–H groups in total. The van der Waals surface area contributed by atoms with E-state index in [0.717, 1.165) is 19.4 Å². The summed E-state index contributed by atoms with van der Waals surface area (Å²) in [6.07, 6.45) is 2.24. The molecular weight excluding hydrogens is 273 g/mol. The number of amides is 3. The first-order valence-electron chi connectivity index (χ1n) is 7.15. The Morgan fingerprint density at radius 1 is 1.24 bits per heavy atom. The number of nitrogens with zero attached hydrogens (tertiary/aromatic N) is 1. The van der Waals surface area contributed by atoms with Crippen LogP contribution in [0.15, 0.2) is 24.3 Å². The summed E-state index contributed by atoms with van der Waals surface area (Å²) in [5.74, 6) is -0.217. The van der Waals surface area contributed by atoms with Crippen LogP contribution in [0.25, 0.3) is 0 Å². The van der Waals surface area contributed by atoms with Crippen molar-refractivity contribution >= 4 is 17.6 Å². The van der Waals surface area contributed by atoms with Gasteiger partial charge in [-0.1, -0.05) is 0 Å². The quantitative estimate of drug-likeness (QED) is 0.831. The third kappa shape index (κ3) is 2.99. The van der Waals surface area contributed by atoms with Gasteiger partial charge in [-0.2, -0.15) is 0 Å². The predicted molar refractivity (Wildman–Crippen MR) is 76.3 cm³/mol. The Bertz CT molecular complexity index is 551. The Labute approximate surface area is 122 Å². The van der Waals surface area contributed by atoms with Crippen molar-refractivity contribution in [2.24, 2.45) is 5.41 Å². The molecule has 0 saturated carbocycles. The zero-order chi connectivity index (χ0) is 14.9. The third-order valence-electron chi connectivity index (χ3n) is 4.40. The van der Waals surface area contributed by atoms with Crippen LogP contribution in [0.1, 0.15) is 19.3 Å². The molecule has 2 saturated heterocycles. The normalized spacial score (nSPS) is 20.4. The van der Waals surface area contributed by atoms with E-state index in [4.69, 9.17) is 0 Å². The van der Waals surface area contributed by atoms with Crippen LogP contribution < -0.4 is 10.6 Å². The number of piperidine rings is 1. The maximum Gasteiger partial charge on any atom is 0.321 e. The lowest BCUT2D eigenvalue weighted by molar-refractivity contribution is -0.119. The van der Waals surface area contributed by atoms with Crippen LogP contribution in [0.3, 0.4) is 0 Å². The van der Waals surface area contributed by atoms with E-state index in [9.17, 15) is 14.0 Å².